The van der Waals surface area contributed by atoms with Crippen LogP contribution in [0.25, 0.3) is 0 Å². The summed E-state index contributed by atoms with van der Waals surface area (Å²) in [7, 11) is 5.22. The number of quaternary nitrogens is 1. The number of ether oxygens (including phenoxy) is 1. The zero-order valence-electron chi connectivity index (χ0n) is 14.7. The van der Waals surface area contributed by atoms with E-state index in [1.54, 1.807) is 54.7 Å². The lowest BCUT2D eigenvalue weighted by Gasteiger charge is -2.19. The standard InChI is InChI=1S/C18H23N3O3S/c1-20(12-18(23)21(2)10-14-8-9-25-13-14)11-17(22)19-15-4-6-16(24-3)7-5-15/h4-9,13H,10-12H2,1-3H3,(H,19,22)/p+1. The van der Waals surface area contributed by atoms with Crippen molar-refractivity contribution in [1.29, 1.82) is 0 Å². The van der Waals surface area contributed by atoms with Crippen LogP contribution >= 0.6 is 11.3 Å². The lowest BCUT2D eigenvalue weighted by Crippen LogP contribution is -3.11. The molecule has 1 atom stereocenters. The average molecular weight is 362 g/mol. The quantitative estimate of drug-likeness (QED) is 0.732. The van der Waals surface area contributed by atoms with E-state index in [9.17, 15) is 9.59 Å². The van der Waals surface area contributed by atoms with Crippen LogP contribution in [0.2, 0.25) is 0 Å². The number of hydrogen-bond acceptors (Lipinski definition) is 4. The number of amides is 2. The van der Waals surface area contributed by atoms with E-state index in [0.29, 0.717) is 12.2 Å². The molecule has 0 aliphatic carbocycles. The van der Waals surface area contributed by atoms with Gasteiger partial charge in [0.15, 0.2) is 13.1 Å². The number of benzene rings is 1. The molecule has 0 spiro atoms. The molecule has 0 bridgehead atoms. The van der Waals surface area contributed by atoms with Crippen molar-refractivity contribution in [2.24, 2.45) is 0 Å². The summed E-state index contributed by atoms with van der Waals surface area (Å²) < 4.78 is 5.08. The SMILES string of the molecule is COc1ccc(NC(=O)C[NH+](C)CC(=O)N(C)Cc2ccsc2)cc1. The Balaban J connectivity index is 1.76. The molecule has 2 N–H and O–H groups in total. The van der Waals surface area contributed by atoms with Crippen molar-refractivity contribution in [3.05, 3.63) is 46.7 Å². The lowest BCUT2D eigenvalue weighted by molar-refractivity contribution is -0.862. The van der Waals surface area contributed by atoms with Crippen molar-refractivity contribution in [3.63, 3.8) is 0 Å². The van der Waals surface area contributed by atoms with E-state index in [1.807, 2.05) is 23.9 Å². The molecule has 0 saturated heterocycles. The summed E-state index contributed by atoms with van der Waals surface area (Å²) in [5, 5.41) is 6.85. The monoisotopic (exact) mass is 362 g/mol. The molecule has 0 aliphatic rings. The van der Waals surface area contributed by atoms with Crippen LogP contribution < -0.4 is 15.0 Å². The average Bonchev–Trinajstić information content (AvgIpc) is 3.08. The van der Waals surface area contributed by atoms with Crippen LogP contribution in [-0.4, -0.2) is 51.0 Å². The number of nitrogens with zero attached hydrogens (tertiary/aromatic N) is 1. The molecule has 0 radical (unpaired) electrons. The maximum absolute atomic E-state index is 12.3. The Hall–Kier alpha value is -2.38. The predicted octanol–water partition coefficient (Wildman–Crippen LogP) is 0.869. The van der Waals surface area contributed by atoms with Crippen molar-refractivity contribution in [2.45, 2.75) is 6.54 Å². The molecule has 1 aromatic carbocycles. The summed E-state index contributed by atoms with van der Waals surface area (Å²) in [6.07, 6.45) is 0. The molecule has 2 amide bonds. The van der Waals surface area contributed by atoms with Gasteiger partial charge in [-0.05, 0) is 46.7 Å². The van der Waals surface area contributed by atoms with Gasteiger partial charge in [-0.15, -0.1) is 0 Å². The number of rotatable bonds is 8. The van der Waals surface area contributed by atoms with Crippen LogP contribution in [0.5, 0.6) is 5.75 Å². The molecule has 6 nitrogen and oxygen atoms in total. The Morgan fingerprint density at radius 3 is 2.52 bits per heavy atom. The molecule has 2 rings (SSSR count). The molecule has 25 heavy (non-hydrogen) atoms. The Labute approximate surface area is 152 Å². The second-order valence-electron chi connectivity index (χ2n) is 5.97. The minimum absolute atomic E-state index is 0.0148. The van der Waals surface area contributed by atoms with Crippen LogP contribution in [-0.2, 0) is 16.1 Å². The molecular formula is C18H24N3O3S+. The first kappa shape index (κ1) is 19.0. The molecule has 1 heterocycles. The van der Waals surface area contributed by atoms with Crippen LogP contribution in [0.1, 0.15) is 5.56 Å². The molecule has 0 aliphatic heterocycles. The minimum atomic E-state index is -0.129. The highest BCUT2D eigenvalue weighted by molar-refractivity contribution is 7.07. The normalized spacial score (nSPS) is 11.6. The van der Waals surface area contributed by atoms with Crippen LogP contribution in [0.15, 0.2) is 41.1 Å². The van der Waals surface area contributed by atoms with Gasteiger partial charge in [0.2, 0.25) is 0 Å². The third-order valence-electron chi connectivity index (χ3n) is 3.71. The number of thiophene rings is 1. The number of likely N-dealkylation sites (N-methyl/N-ethyl adjacent to an activating group) is 2. The lowest BCUT2D eigenvalue weighted by atomic mass is 10.3. The zero-order chi connectivity index (χ0) is 18.2. The van der Waals surface area contributed by atoms with Gasteiger partial charge in [-0.2, -0.15) is 11.3 Å². The second kappa shape index (κ2) is 9.19. The van der Waals surface area contributed by atoms with Crippen LogP contribution in [0.4, 0.5) is 5.69 Å². The maximum Gasteiger partial charge on any atom is 0.279 e. The Morgan fingerprint density at radius 2 is 1.92 bits per heavy atom. The van der Waals surface area contributed by atoms with Crippen LogP contribution in [0, 0.1) is 0 Å². The zero-order valence-corrected chi connectivity index (χ0v) is 15.6. The van der Waals surface area contributed by atoms with E-state index in [4.69, 9.17) is 4.74 Å². The first-order valence-corrected chi connectivity index (χ1v) is 8.92. The number of nitrogens with one attached hydrogen (secondary N) is 2. The molecular weight excluding hydrogens is 338 g/mol. The third kappa shape index (κ3) is 6.21. The maximum atomic E-state index is 12.3. The largest absolute Gasteiger partial charge is 0.497 e. The number of hydrogen-bond donors (Lipinski definition) is 2. The fourth-order valence-electron chi connectivity index (χ4n) is 2.35. The van der Waals surface area contributed by atoms with Gasteiger partial charge in [0, 0.05) is 19.3 Å². The fourth-order valence-corrected chi connectivity index (χ4v) is 3.01. The van der Waals surface area contributed by atoms with Gasteiger partial charge in [-0.1, -0.05) is 0 Å². The molecule has 7 heteroatoms. The van der Waals surface area contributed by atoms with Gasteiger partial charge in [-0.3, -0.25) is 9.59 Å². The van der Waals surface area contributed by atoms with E-state index >= 15 is 0 Å². The summed E-state index contributed by atoms with van der Waals surface area (Å²) in [5.74, 6) is 0.622. The fraction of sp³-hybridized carbons (Fsp3) is 0.333. The minimum Gasteiger partial charge on any atom is -0.497 e. The predicted molar refractivity (Wildman–Crippen MR) is 99.0 cm³/mol. The molecule has 0 saturated carbocycles. The van der Waals surface area contributed by atoms with Crippen molar-refractivity contribution >= 4 is 28.8 Å². The Kier molecular flexibility index (Phi) is 6.97. The number of carbonyl (C=O) groups excluding carboxylic acids is 2. The van der Waals surface area contributed by atoms with Gasteiger partial charge in [0.05, 0.1) is 14.2 Å². The highest BCUT2D eigenvalue weighted by atomic mass is 32.1. The molecule has 134 valence electrons. The first-order valence-electron chi connectivity index (χ1n) is 7.98. The Bertz CT molecular complexity index is 686. The van der Waals surface area contributed by atoms with Crippen molar-refractivity contribution in [1.82, 2.24) is 4.90 Å². The summed E-state index contributed by atoms with van der Waals surface area (Å²) in [5.41, 5.74) is 1.83. The van der Waals surface area contributed by atoms with Crippen LogP contribution in [0.3, 0.4) is 0 Å². The second-order valence-corrected chi connectivity index (χ2v) is 6.75. The summed E-state index contributed by atoms with van der Waals surface area (Å²) >= 11 is 1.61. The molecule has 0 fully saturated rings. The van der Waals surface area contributed by atoms with Gasteiger partial charge < -0.3 is 19.9 Å². The smallest absolute Gasteiger partial charge is 0.279 e. The summed E-state index contributed by atoms with van der Waals surface area (Å²) in [6, 6.07) is 9.15. The topological polar surface area (TPSA) is 63.1 Å². The number of methoxy groups -OCH3 is 1. The molecule has 2 aromatic rings. The summed E-state index contributed by atoms with van der Waals surface area (Å²) in [6.45, 7) is 1.09. The highest BCUT2D eigenvalue weighted by Gasteiger charge is 2.17. The van der Waals surface area contributed by atoms with Crippen molar-refractivity contribution in [3.8, 4) is 5.75 Å². The Morgan fingerprint density at radius 1 is 1.20 bits per heavy atom. The van der Waals surface area contributed by atoms with Gasteiger partial charge >= 0.3 is 0 Å². The van der Waals surface area contributed by atoms with Gasteiger partial charge in [0.1, 0.15) is 5.75 Å². The number of anilines is 1. The van der Waals surface area contributed by atoms with E-state index in [2.05, 4.69) is 5.32 Å². The first-order chi connectivity index (χ1) is 12.0. The van der Waals surface area contributed by atoms with E-state index in [1.165, 1.54) is 0 Å². The van der Waals surface area contributed by atoms with E-state index in [0.717, 1.165) is 16.2 Å². The summed E-state index contributed by atoms with van der Waals surface area (Å²) in [4.78, 5) is 26.9. The third-order valence-corrected chi connectivity index (χ3v) is 4.45. The molecule has 1 unspecified atom stereocenters. The van der Waals surface area contributed by atoms with E-state index in [-0.39, 0.29) is 24.9 Å². The molecule has 1 aromatic heterocycles. The highest BCUT2D eigenvalue weighted by Crippen LogP contribution is 2.14. The van der Waals surface area contributed by atoms with Crippen molar-refractivity contribution in [2.75, 3.05) is 39.6 Å². The van der Waals surface area contributed by atoms with Gasteiger partial charge in [-0.25, -0.2) is 0 Å². The van der Waals surface area contributed by atoms with E-state index < -0.39 is 0 Å². The van der Waals surface area contributed by atoms with Gasteiger partial charge in [0.25, 0.3) is 11.8 Å². The number of carbonyl (C=O) groups is 2. The van der Waals surface area contributed by atoms with Crippen molar-refractivity contribution < 1.29 is 19.2 Å².